The van der Waals surface area contributed by atoms with Crippen LogP contribution in [0.3, 0.4) is 0 Å². The number of aryl methyl sites for hydroxylation is 1. The maximum absolute atomic E-state index is 12.4. The highest BCUT2D eigenvalue weighted by Crippen LogP contribution is 2.15. The standard InChI is InChI=1S/C21H19N5O2/c27-20(10-9-15-6-2-1-3-7-15)23-14-16-12-21(28)26-19(24-16)13-18(25-26)17-8-4-5-11-22-17/h1-8,11-13,25H,9-10,14H2,(H,23,27). The molecule has 0 radical (unpaired) electrons. The van der Waals surface area contributed by atoms with Crippen molar-refractivity contribution in [2.75, 3.05) is 0 Å². The summed E-state index contributed by atoms with van der Waals surface area (Å²) in [6, 6.07) is 18.6. The van der Waals surface area contributed by atoms with Crippen molar-refractivity contribution in [3.05, 3.63) is 88.5 Å². The van der Waals surface area contributed by atoms with Gasteiger partial charge in [-0.3, -0.25) is 19.7 Å². The zero-order chi connectivity index (χ0) is 19.3. The molecule has 4 rings (SSSR count). The van der Waals surface area contributed by atoms with Gasteiger partial charge in [-0.05, 0) is 24.1 Å². The van der Waals surface area contributed by atoms with Crippen LogP contribution in [0.15, 0.2) is 71.7 Å². The normalized spacial score (nSPS) is 10.9. The summed E-state index contributed by atoms with van der Waals surface area (Å²) in [4.78, 5) is 33.2. The Morgan fingerprint density at radius 3 is 2.68 bits per heavy atom. The van der Waals surface area contributed by atoms with E-state index in [-0.39, 0.29) is 18.0 Å². The van der Waals surface area contributed by atoms with Crippen molar-refractivity contribution in [2.24, 2.45) is 0 Å². The first kappa shape index (κ1) is 17.7. The molecular weight excluding hydrogens is 354 g/mol. The fourth-order valence-corrected chi connectivity index (χ4v) is 2.96. The molecule has 3 heterocycles. The molecule has 0 bridgehead atoms. The van der Waals surface area contributed by atoms with Gasteiger partial charge in [0.2, 0.25) is 5.91 Å². The van der Waals surface area contributed by atoms with E-state index < -0.39 is 0 Å². The zero-order valence-electron chi connectivity index (χ0n) is 15.1. The second-order valence-electron chi connectivity index (χ2n) is 6.43. The van der Waals surface area contributed by atoms with Crippen LogP contribution in [0.4, 0.5) is 0 Å². The van der Waals surface area contributed by atoms with Crippen molar-refractivity contribution < 1.29 is 4.79 Å². The third kappa shape index (κ3) is 3.98. The van der Waals surface area contributed by atoms with Crippen LogP contribution < -0.4 is 10.9 Å². The van der Waals surface area contributed by atoms with Crippen molar-refractivity contribution >= 4 is 11.6 Å². The average molecular weight is 373 g/mol. The second-order valence-corrected chi connectivity index (χ2v) is 6.43. The number of carbonyl (C=O) groups is 1. The average Bonchev–Trinajstić information content (AvgIpc) is 3.17. The van der Waals surface area contributed by atoms with Crippen molar-refractivity contribution in [3.63, 3.8) is 0 Å². The molecule has 7 nitrogen and oxygen atoms in total. The van der Waals surface area contributed by atoms with E-state index in [2.05, 4.69) is 20.4 Å². The summed E-state index contributed by atoms with van der Waals surface area (Å²) in [7, 11) is 0. The molecule has 3 aromatic heterocycles. The van der Waals surface area contributed by atoms with Gasteiger partial charge in [0.25, 0.3) is 5.56 Å². The van der Waals surface area contributed by atoms with E-state index >= 15 is 0 Å². The molecule has 0 aliphatic carbocycles. The van der Waals surface area contributed by atoms with Gasteiger partial charge >= 0.3 is 0 Å². The number of nitrogens with one attached hydrogen (secondary N) is 2. The molecule has 28 heavy (non-hydrogen) atoms. The molecule has 1 aromatic carbocycles. The van der Waals surface area contributed by atoms with Crippen LogP contribution >= 0.6 is 0 Å². The highest BCUT2D eigenvalue weighted by atomic mass is 16.1. The Kier molecular flexibility index (Phi) is 4.97. The van der Waals surface area contributed by atoms with Crippen LogP contribution in [0.25, 0.3) is 17.0 Å². The van der Waals surface area contributed by atoms with Crippen LogP contribution in [-0.2, 0) is 17.8 Å². The Bertz CT molecular complexity index is 1150. The van der Waals surface area contributed by atoms with Gasteiger partial charge in [0.1, 0.15) is 0 Å². The summed E-state index contributed by atoms with van der Waals surface area (Å²) in [6.07, 6.45) is 2.75. The van der Waals surface area contributed by atoms with E-state index in [0.717, 1.165) is 11.3 Å². The Morgan fingerprint density at radius 1 is 1.07 bits per heavy atom. The SMILES string of the molecule is O=C(CCc1ccccc1)NCc1cc(=O)n2[nH]c(-c3ccccn3)cc2n1. The predicted molar refractivity (Wildman–Crippen MR) is 106 cm³/mol. The fraction of sp³-hybridized carbons (Fsp3) is 0.143. The summed E-state index contributed by atoms with van der Waals surface area (Å²) in [5, 5.41) is 5.83. The number of rotatable bonds is 6. The molecular formula is C21H19N5O2. The summed E-state index contributed by atoms with van der Waals surface area (Å²) in [5.41, 5.74) is 3.31. The number of aromatic nitrogens is 4. The highest BCUT2D eigenvalue weighted by Gasteiger charge is 2.09. The van der Waals surface area contributed by atoms with E-state index in [1.807, 2.05) is 48.5 Å². The maximum Gasteiger partial charge on any atom is 0.272 e. The molecule has 0 saturated carbocycles. The Labute approximate surface area is 161 Å². The lowest BCUT2D eigenvalue weighted by Gasteiger charge is -2.05. The van der Waals surface area contributed by atoms with E-state index in [9.17, 15) is 9.59 Å². The number of amides is 1. The summed E-state index contributed by atoms with van der Waals surface area (Å²) in [5.74, 6) is -0.0749. The number of hydrogen-bond donors (Lipinski definition) is 2. The molecule has 0 fully saturated rings. The van der Waals surface area contributed by atoms with Gasteiger partial charge in [0, 0.05) is 24.8 Å². The second kappa shape index (κ2) is 7.87. The highest BCUT2D eigenvalue weighted by molar-refractivity contribution is 5.76. The van der Waals surface area contributed by atoms with Crippen LogP contribution in [0, 0.1) is 0 Å². The van der Waals surface area contributed by atoms with Gasteiger partial charge < -0.3 is 5.32 Å². The predicted octanol–water partition coefficient (Wildman–Crippen LogP) is 2.33. The minimum absolute atomic E-state index is 0.0749. The van der Waals surface area contributed by atoms with Crippen molar-refractivity contribution in [2.45, 2.75) is 19.4 Å². The first-order valence-electron chi connectivity index (χ1n) is 9.03. The van der Waals surface area contributed by atoms with Crippen LogP contribution in [-0.4, -0.2) is 25.5 Å². The monoisotopic (exact) mass is 373 g/mol. The molecule has 0 saturated heterocycles. The van der Waals surface area contributed by atoms with Crippen LogP contribution in [0.1, 0.15) is 17.7 Å². The topological polar surface area (TPSA) is 92.2 Å². The quantitative estimate of drug-likeness (QED) is 0.543. The van der Waals surface area contributed by atoms with Gasteiger partial charge in [0.15, 0.2) is 5.65 Å². The van der Waals surface area contributed by atoms with Crippen LogP contribution in [0.2, 0.25) is 0 Å². The van der Waals surface area contributed by atoms with Crippen LogP contribution in [0.5, 0.6) is 0 Å². The first-order chi connectivity index (χ1) is 13.7. The van der Waals surface area contributed by atoms with E-state index in [4.69, 9.17) is 0 Å². The molecule has 2 N–H and O–H groups in total. The summed E-state index contributed by atoms with van der Waals surface area (Å²) >= 11 is 0. The van der Waals surface area contributed by atoms with Crippen molar-refractivity contribution in [1.29, 1.82) is 0 Å². The van der Waals surface area contributed by atoms with Gasteiger partial charge in [-0.15, -0.1) is 0 Å². The molecule has 7 heteroatoms. The molecule has 140 valence electrons. The fourth-order valence-electron chi connectivity index (χ4n) is 2.96. The smallest absolute Gasteiger partial charge is 0.272 e. The Morgan fingerprint density at radius 2 is 1.89 bits per heavy atom. The van der Waals surface area contributed by atoms with E-state index in [0.29, 0.717) is 29.9 Å². The number of hydrogen-bond acceptors (Lipinski definition) is 4. The van der Waals surface area contributed by atoms with Crippen molar-refractivity contribution in [1.82, 2.24) is 24.9 Å². The lowest BCUT2D eigenvalue weighted by molar-refractivity contribution is -0.121. The third-order valence-corrected chi connectivity index (χ3v) is 4.39. The first-order valence-corrected chi connectivity index (χ1v) is 9.03. The molecule has 4 aromatic rings. The number of aromatic amines is 1. The number of H-pyrrole nitrogens is 1. The number of benzene rings is 1. The lowest BCUT2D eigenvalue weighted by Crippen LogP contribution is -2.25. The zero-order valence-corrected chi connectivity index (χ0v) is 15.1. The molecule has 0 unspecified atom stereocenters. The largest absolute Gasteiger partial charge is 0.350 e. The Hall–Kier alpha value is -3.74. The molecule has 0 aliphatic rings. The van der Waals surface area contributed by atoms with E-state index in [1.165, 1.54) is 10.6 Å². The maximum atomic E-state index is 12.4. The van der Waals surface area contributed by atoms with Gasteiger partial charge in [-0.2, -0.15) is 0 Å². The Balaban J connectivity index is 1.44. The minimum atomic E-state index is -0.235. The van der Waals surface area contributed by atoms with Gasteiger partial charge in [0.05, 0.1) is 23.6 Å². The molecule has 0 atom stereocenters. The molecule has 0 aliphatic heterocycles. The lowest BCUT2D eigenvalue weighted by atomic mass is 10.1. The number of fused-ring (bicyclic) bond motifs is 1. The third-order valence-electron chi connectivity index (χ3n) is 4.39. The van der Waals surface area contributed by atoms with Gasteiger partial charge in [-0.1, -0.05) is 36.4 Å². The summed E-state index contributed by atoms with van der Waals surface area (Å²) in [6.45, 7) is 0.212. The molecule has 0 spiro atoms. The van der Waals surface area contributed by atoms with Gasteiger partial charge in [-0.25, -0.2) is 9.50 Å². The number of carbonyl (C=O) groups excluding carboxylic acids is 1. The summed E-state index contributed by atoms with van der Waals surface area (Å²) < 4.78 is 1.37. The number of nitrogens with zero attached hydrogens (tertiary/aromatic N) is 3. The minimum Gasteiger partial charge on any atom is -0.350 e. The van der Waals surface area contributed by atoms with E-state index in [1.54, 1.807) is 12.3 Å². The van der Waals surface area contributed by atoms with Crippen molar-refractivity contribution in [3.8, 4) is 11.4 Å². The molecule has 1 amide bonds. The number of pyridine rings is 1.